The topological polar surface area (TPSA) is 102 Å². The minimum absolute atomic E-state index is 0.0667. The quantitative estimate of drug-likeness (QED) is 0.349. The third-order valence-electron chi connectivity index (χ3n) is 4.23. The monoisotopic (exact) mass is 658 g/mol. The number of sulfone groups is 1. The summed E-state index contributed by atoms with van der Waals surface area (Å²) in [5.74, 6) is -0.980. The Morgan fingerprint density at radius 2 is 1.82 bits per heavy atom. The molecule has 2 rings (SSSR count). The molecule has 0 heterocycles. The van der Waals surface area contributed by atoms with Crippen molar-refractivity contribution in [2.45, 2.75) is 19.4 Å². The average molecular weight is 660 g/mol. The van der Waals surface area contributed by atoms with Crippen LogP contribution in [0.25, 0.3) is 0 Å². The zero-order valence-electron chi connectivity index (χ0n) is 18.4. The van der Waals surface area contributed by atoms with Gasteiger partial charge in [-0.1, -0.05) is 40.9 Å². The molecule has 0 radical (unpaired) electrons. The molecule has 0 atom stereocenters. The predicted octanol–water partition coefficient (Wildman–Crippen LogP) is 5.45. The van der Waals surface area contributed by atoms with Crippen LogP contribution in [-0.4, -0.2) is 44.4 Å². The van der Waals surface area contributed by atoms with E-state index in [9.17, 15) is 18.0 Å². The van der Waals surface area contributed by atoms with Crippen molar-refractivity contribution in [1.29, 1.82) is 0 Å². The maximum absolute atomic E-state index is 13.0. The number of ether oxygens (including phenoxy) is 1. The van der Waals surface area contributed by atoms with Crippen molar-refractivity contribution in [2.24, 2.45) is 0 Å². The lowest BCUT2D eigenvalue weighted by Gasteiger charge is -2.26. The lowest BCUT2D eigenvalue weighted by Crippen LogP contribution is -2.48. The van der Waals surface area contributed by atoms with E-state index in [1.165, 1.54) is 18.2 Å². The Bertz CT molecular complexity index is 1230. The molecule has 0 aliphatic heterocycles. The molecule has 0 fully saturated rings. The third kappa shape index (κ3) is 8.92. The number of benzene rings is 2. The molecule has 0 spiro atoms. The molecule has 2 N–H and O–H groups in total. The van der Waals surface area contributed by atoms with Crippen LogP contribution < -0.4 is 15.4 Å². The second-order valence-electron chi connectivity index (χ2n) is 7.97. The van der Waals surface area contributed by atoms with Crippen molar-refractivity contribution in [1.82, 2.24) is 5.32 Å². The third-order valence-corrected chi connectivity index (χ3v) is 6.98. The number of carbonyl (C=O) groups excluding carboxylic acids is 2. The first kappa shape index (κ1) is 28.7. The van der Waals surface area contributed by atoms with Crippen LogP contribution in [0, 0.1) is 3.57 Å². The molecule has 2 aromatic carbocycles. The molecule has 184 valence electrons. The molecule has 0 aliphatic rings. The second kappa shape index (κ2) is 11.9. The number of hydrogen-bond acceptors (Lipinski definition) is 5. The molecule has 2 amide bonds. The highest BCUT2D eigenvalue weighted by atomic mass is 127. The molecule has 7 nitrogen and oxygen atoms in total. The Hall–Kier alpha value is -1.53. The van der Waals surface area contributed by atoms with Gasteiger partial charge in [-0.3, -0.25) is 9.59 Å². The van der Waals surface area contributed by atoms with Crippen LogP contribution in [0.2, 0.25) is 5.02 Å². The second-order valence-corrected chi connectivity index (χ2v) is 12.7. The van der Waals surface area contributed by atoms with E-state index in [1.807, 2.05) is 22.6 Å². The van der Waals surface area contributed by atoms with Gasteiger partial charge >= 0.3 is 0 Å². The first-order chi connectivity index (χ1) is 15.7. The molecule has 0 unspecified atom stereocenters. The molecule has 0 saturated carbocycles. The van der Waals surface area contributed by atoms with Crippen LogP contribution in [0.5, 0.6) is 5.75 Å². The maximum Gasteiger partial charge on any atom is 0.256 e. The Kier molecular flexibility index (Phi) is 10.1. The van der Waals surface area contributed by atoms with Gasteiger partial charge in [0.2, 0.25) is 0 Å². The standard InChI is InChI=1S/C22H22Cl3IN2O5S/c1-22(2,12-34(3,31)32)28-21(30)19-14(5-4-6-16(19)26)20(29)27-13-7-8-17(15(23)11-13)33-10-9-18(24)25/h4-9,11H,10,12H2,1-3H3,(H,27,29)(H,28,30). The molecule has 0 aromatic heterocycles. The number of hydrogen-bond donors (Lipinski definition) is 2. The summed E-state index contributed by atoms with van der Waals surface area (Å²) in [6.45, 7) is 3.32. The SMILES string of the molecule is CC(C)(CS(C)(=O)=O)NC(=O)c1c(I)cccc1C(=O)Nc1ccc(OCC=C(Cl)Cl)c(Cl)c1. The summed E-state index contributed by atoms with van der Waals surface area (Å²) in [4.78, 5) is 26.1. The highest BCUT2D eigenvalue weighted by molar-refractivity contribution is 14.1. The fourth-order valence-corrected chi connectivity index (χ4v) is 5.58. The van der Waals surface area contributed by atoms with Gasteiger partial charge in [-0.15, -0.1) is 0 Å². The summed E-state index contributed by atoms with van der Waals surface area (Å²) >= 11 is 19.3. The first-order valence-corrected chi connectivity index (χ1v) is 14.0. The van der Waals surface area contributed by atoms with Gasteiger partial charge < -0.3 is 15.4 Å². The van der Waals surface area contributed by atoms with E-state index < -0.39 is 27.2 Å². The lowest BCUT2D eigenvalue weighted by atomic mass is 10.0. The summed E-state index contributed by atoms with van der Waals surface area (Å²) in [6.07, 6.45) is 2.55. The number of carbonyl (C=O) groups is 2. The van der Waals surface area contributed by atoms with Crippen molar-refractivity contribution in [3.63, 3.8) is 0 Å². The number of anilines is 1. The average Bonchev–Trinajstić information content (AvgIpc) is 2.66. The van der Waals surface area contributed by atoms with E-state index in [4.69, 9.17) is 39.5 Å². The number of nitrogens with one attached hydrogen (secondary N) is 2. The van der Waals surface area contributed by atoms with Gasteiger partial charge in [-0.05, 0) is 72.8 Å². The largest absolute Gasteiger partial charge is 0.488 e. The highest BCUT2D eigenvalue weighted by Crippen LogP contribution is 2.28. The fourth-order valence-electron chi connectivity index (χ4n) is 3.09. The van der Waals surface area contributed by atoms with Crippen molar-refractivity contribution in [3.8, 4) is 5.75 Å². The molecule has 0 aliphatic carbocycles. The highest BCUT2D eigenvalue weighted by Gasteiger charge is 2.29. The van der Waals surface area contributed by atoms with Crippen molar-refractivity contribution >= 4 is 84.7 Å². The maximum atomic E-state index is 13.0. The summed E-state index contributed by atoms with van der Waals surface area (Å²) in [6, 6.07) is 9.51. The van der Waals surface area contributed by atoms with E-state index in [2.05, 4.69) is 10.6 Å². The molecule has 0 saturated heterocycles. The zero-order chi connectivity index (χ0) is 25.7. The Morgan fingerprint density at radius 3 is 2.41 bits per heavy atom. The van der Waals surface area contributed by atoms with Gasteiger partial charge in [-0.25, -0.2) is 8.42 Å². The van der Waals surface area contributed by atoms with Crippen LogP contribution in [0.4, 0.5) is 5.69 Å². The van der Waals surface area contributed by atoms with Gasteiger partial charge in [0.05, 0.1) is 21.9 Å². The van der Waals surface area contributed by atoms with Gasteiger partial charge in [0.1, 0.15) is 26.7 Å². The zero-order valence-corrected chi connectivity index (χ0v) is 23.7. The summed E-state index contributed by atoms with van der Waals surface area (Å²) in [7, 11) is -3.34. The summed E-state index contributed by atoms with van der Waals surface area (Å²) in [5, 5.41) is 5.67. The summed E-state index contributed by atoms with van der Waals surface area (Å²) < 4.78 is 29.4. The Balaban J connectivity index is 2.24. The van der Waals surface area contributed by atoms with Crippen molar-refractivity contribution in [2.75, 3.05) is 23.9 Å². The van der Waals surface area contributed by atoms with Gasteiger partial charge in [-0.2, -0.15) is 0 Å². The predicted molar refractivity (Wildman–Crippen MR) is 145 cm³/mol. The van der Waals surface area contributed by atoms with Gasteiger partial charge in [0, 0.05) is 21.1 Å². The Labute approximate surface area is 227 Å². The molecule has 0 bridgehead atoms. The number of rotatable bonds is 9. The molecule has 2 aromatic rings. The van der Waals surface area contributed by atoms with Crippen molar-refractivity contribution < 1.29 is 22.7 Å². The van der Waals surface area contributed by atoms with Crippen LogP contribution in [0.15, 0.2) is 47.0 Å². The van der Waals surface area contributed by atoms with Crippen LogP contribution in [0.3, 0.4) is 0 Å². The fraction of sp³-hybridized carbons (Fsp3) is 0.273. The van der Waals surface area contributed by atoms with E-state index in [0.29, 0.717) is 15.0 Å². The van der Waals surface area contributed by atoms with Crippen LogP contribution >= 0.6 is 57.4 Å². The number of halogens is 4. The Morgan fingerprint density at radius 1 is 1.15 bits per heavy atom. The van der Waals surface area contributed by atoms with E-state index in [0.717, 1.165) is 6.26 Å². The van der Waals surface area contributed by atoms with Gasteiger partial charge in [0.15, 0.2) is 0 Å². The lowest BCUT2D eigenvalue weighted by molar-refractivity contribution is 0.0909. The molecular weight excluding hydrogens is 638 g/mol. The number of amides is 2. The normalized spacial score (nSPS) is 11.5. The van der Waals surface area contributed by atoms with E-state index in [1.54, 1.807) is 38.1 Å². The molecule has 34 heavy (non-hydrogen) atoms. The summed E-state index contributed by atoms with van der Waals surface area (Å²) in [5.41, 5.74) is -0.393. The van der Waals surface area contributed by atoms with Crippen LogP contribution in [0.1, 0.15) is 34.6 Å². The molecule has 12 heteroatoms. The molecular formula is C22H22Cl3IN2O5S. The van der Waals surface area contributed by atoms with Crippen molar-refractivity contribution in [3.05, 3.63) is 66.7 Å². The van der Waals surface area contributed by atoms with E-state index in [-0.39, 0.29) is 33.0 Å². The smallest absolute Gasteiger partial charge is 0.256 e. The van der Waals surface area contributed by atoms with Gasteiger partial charge in [0.25, 0.3) is 11.8 Å². The van der Waals surface area contributed by atoms with E-state index >= 15 is 0 Å². The first-order valence-electron chi connectivity index (χ1n) is 9.72. The minimum Gasteiger partial charge on any atom is -0.488 e. The van der Waals surface area contributed by atoms with Crippen LogP contribution in [-0.2, 0) is 9.84 Å². The minimum atomic E-state index is -3.34.